The fourth-order valence-electron chi connectivity index (χ4n) is 1.79. The number of nitrogens with one attached hydrogen (secondary N) is 1. The smallest absolute Gasteiger partial charge is 0.0795 e. The summed E-state index contributed by atoms with van der Waals surface area (Å²) < 4.78 is 5.64. The summed E-state index contributed by atoms with van der Waals surface area (Å²) in [7, 11) is 0. The summed E-state index contributed by atoms with van der Waals surface area (Å²) in [6.07, 6.45) is 1.09. The van der Waals surface area contributed by atoms with Crippen molar-refractivity contribution in [2.24, 2.45) is 0 Å². The standard InChI is InChI=1S/C10H16N2OS/c1-10(2)9(3-4-13-10)11-5-8-6-14-7-12-8/h6-7,9,11H,3-5H2,1-2H3. The first-order valence-electron chi connectivity index (χ1n) is 4.93. The predicted molar refractivity (Wildman–Crippen MR) is 57.4 cm³/mol. The van der Waals surface area contributed by atoms with E-state index in [0.29, 0.717) is 6.04 Å². The summed E-state index contributed by atoms with van der Waals surface area (Å²) >= 11 is 1.64. The lowest BCUT2D eigenvalue weighted by Gasteiger charge is -2.26. The predicted octanol–water partition coefficient (Wildman–Crippen LogP) is 1.80. The molecule has 1 aliphatic rings. The third-order valence-electron chi connectivity index (χ3n) is 2.73. The van der Waals surface area contributed by atoms with E-state index in [1.165, 1.54) is 0 Å². The molecule has 0 saturated carbocycles. The Kier molecular flexibility index (Phi) is 2.85. The molecule has 1 aromatic heterocycles. The Morgan fingerprint density at radius 1 is 1.71 bits per heavy atom. The highest BCUT2D eigenvalue weighted by Gasteiger charge is 2.35. The second-order valence-electron chi connectivity index (χ2n) is 4.15. The van der Waals surface area contributed by atoms with E-state index in [4.69, 9.17) is 4.74 Å². The molecular formula is C10H16N2OS. The van der Waals surface area contributed by atoms with Gasteiger partial charge in [-0.3, -0.25) is 0 Å². The van der Waals surface area contributed by atoms with Gasteiger partial charge >= 0.3 is 0 Å². The molecule has 0 aliphatic carbocycles. The zero-order valence-corrected chi connectivity index (χ0v) is 9.43. The van der Waals surface area contributed by atoms with E-state index in [2.05, 4.69) is 29.5 Å². The van der Waals surface area contributed by atoms with Gasteiger partial charge in [0.1, 0.15) is 0 Å². The van der Waals surface area contributed by atoms with Gasteiger partial charge in [-0.15, -0.1) is 11.3 Å². The number of thiazole rings is 1. The first-order chi connectivity index (χ1) is 6.68. The van der Waals surface area contributed by atoms with Gasteiger partial charge < -0.3 is 10.1 Å². The van der Waals surface area contributed by atoms with Crippen molar-refractivity contribution < 1.29 is 4.74 Å². The molecule has 4 heteroatoms. The minimum atomic E-state index is -0.0317. The van der Waals surface area contributed by atoms with E-state index >= 15 is 0 Å². The molecule has 1 aromatic rings. The van der Waals surface area contributed by atoms with Crippen molar-refractivity contribution in [3.63, 3.8) is 0 Å². The second-order valence-corrected chi connectivity index (χ2v) is 4.87. The largest absolute Gasteiger partial charge is 0.374 e. The van der Waals surface area contributed by atoms with Crippen LogP contribution < -0.4 is 5.32 Å². The van der Waals surface area contributed by atoms with Crippen LogP contribution in [0.15, 0.2) is 10.9 Å². The van der Waals surface area contributed by atoms with Crippen LogP contribution in [0.5, 0.6) is 0 Å². The Morgan fingerprint density at radius 3 is 3.14 bits per heavy atom. The third-order valence-corrected chi connectivity index (χ3v) is 3.37. The first kappa shape index (κ1) is 10.1. The lowest BCUT2D eigenvalue weighted by atomic mass is 9.99. The Bertz CT molecular complexity index is 284. The summed E-state index contributed by atoms with van der Waals surface area (Å²) in [5.74, 6) is 0. The topological polar surface area (TPSA) is 34.1 Å². The van der Waals surface area contributed by atoms with Crippen LogP contribution in [-0.4, -0.2) is 23.2 Å². The highest BCUT2D eigenvalue weighted by Crippen LogP contribution is 2.25. The maximum Gasteiger partial charge on any atom is 0.0795 e. The SMILES string of the molecule is CC1(C)OCCC1NCc1cscn1. The van der Waals surface area contributed by atoms with Crippen molar-refractivity contribution >= 4 is 11.3 Å². The summed E-state index contributed by atoms with van der Waals surface area (Å²) in [6.45, 7) is 5.99. The number of hydrogen-bond acceptors (Lipinski definition) is 4. The maximum atomic E-state index is 5.64. The first-order valence-corrected chi connectivity index (χ1v) is 5.87. The summed E-state index contributed by atoms with van der Waals surface area (Å²) in [4.78, 5) is 4.24. The molecule has 0 bridgehead atoms. The van der Waals surface area contributed by atoms with Gasteiger partial charge in [-0.25, -0.2) is 4.98 Å². The summed E-state index contributed by atoms with van der Waals surface area (Å²) in [5.41, 5.74) is 2.96. The normalized spacial score (nSPS) is 25.4. The van der Waals surface area contributed by atoms with E-state index in [1.54, 1.807) is 11.3 Å². The van der Waals surface area contributed by atoms with Crippen LogP contribution in [0.25, 0.3) is 0 Å². The fraction of sp³-hybridized carbons (Fsp3) is 0.700. The highest BCUT2D eigenvalue weighted by atomic mass is 32.1. The van der Waals surface area contributed by atoms with Crippen molar-refractivity contribution in [3.05, 3.63) is 16.6 Å². The van der Waals surface area contributed by atoms with Crippen molar-refractivity contribution in [3.8, 4) is 0 Å². The van der Waals surface area contributed by atoms with Gasteiger partial charge in [-0.2, -0.15) is 0 Å². The number of rotatable bonds is 3. The molecule has 1 aliphatic heterocycles. The van der Waals surface area contributed by atoms with E-state index in [0.717, 1.165) is 25.3 Å². The summed E-state index contributed by atoms with van der Waals surface area (Å²) in [5, 5.41) is 5.57. The van der Waals surface area contributed by atoms with E-state index in [-0.39, 0.29) is 5.60 Å². The van der Waals surface area contributed by atoms with Crippen molar-refractivity contribution in [2.45, 2.75) is 38.5 Å². The molecule has 0 spiro atoms. The molecule has 0 amide bonds. The molecule has 1 saturated heterocycles. The molecule has 0 aromatic carbocycles. The van der Waals surface area contributed by atoms with Crippen LogP contribution >= 0.6 is 11.3 Å². The second kappa shape index (κ2) is 3.96. The Hall–Kier alpha value is -0.450. The quantitative estimate of drug-likeness (QED) is 0.829. The van der Waals surface area contributed by atoms with Gasteiger partial charge in [0.15, 0.2) is 0 Å². The van der Waals surface area contributed by atoms with Crippen LogP contribution in [0, 0.1) is 0 Å². The zero-order valence-electron chi connectivity index (χ0n) is 8.62. The zero-order chi connectivity index (χ0) is 10.0. The molecule has 1 fully saturated rings. The monoisotopic (exact) mass is 212 g/mol. The van der Waals surface area contributed by atoms with Crippen LogP contribution in [0.4, 0.5) is 0 Å². The van der Waals surface area contributed by atoms with E-state index in [9.17, 15) is 0 Å². The van der Waals surface area contributed by atoms with Gasteiger partial charge in [0, 0.05) is 24.6 Å². The average molecular weight is 212 g/mol. The van der Waals surface area contributed by atoms with Gasteiger partial charge in [-0.05, 0) is 20.3 Å². The van der Waals surface area contributed by atoms with E-state index < -0.39 is 0 Å². The maximum absolute atomic E-state index is 5.64. The van der Waals surface area contributed by atoms with Gasteiger partial charge in [0.25, 0.3) is 0 Å². The number of aromatic nitrogens is 1. The number of ether oxygens (including phenoxy) is 1. The molecular weight excluding hydrogens is 196 g/mol. The van der Waals surface area contributed by atoms with Crippen LogP contribution in [0.3, 0.4) is 0 Å². The van der Waals surface area contributed by atoms with Gasteiger partial charge in [-0.1, -0.05) is 0 Å². The number of nitrogens with zero attached hydrogens (tertiary/aromatic N) is 1. The molecule has 0 radical (unpaired) electrons. The summed E-state index contributed by atoms with van der Waals surface area (Å²) in [6, 6.07) is 0.448. The van der Waals surface area contributed by atoms with E-state index in [1.807, 2.05) is 5.51 Å². The lowest BCUT2D eigenvalue weighted by molar-refractivity contribution is 0.0213. The Balaban J connectivity index is 1.86. The average Bonchev–Trinajstić information content (AvgIpc) is 2.71. The molecule has 2 heterocycles. The van der Waals surface area contributed by atoms with Crippen molar-refractivity contribution in [2.75, 3.05) is 6.61 Å². The molecule has 1 unspecified atom stereocenters. The molecule has 3 nitrogen and oxygen atoms in total. The van der Waals surface area contributed by atoms with Gasteiger partial charge in [0.2, 0.25) is 0 Å². The minimum Gasteiger partial charge on any atom is -0.374 e. The van der Waals surface area contributed by atoms with Gasteiger partial charge in [0.05, 0.1) is 16.8 Å². The fourth-order valence-corrected chi connectivity index (χ4v) is 2.35. The molecule has 1 atom stereocenters. The Morgan fingerprint density at radius 2 is 2.57 bits per heavy atom. The van der Waals surface area contributed by atoms with Crippen LogP contribution in [-0.2, 0) is 11.3 Å². The Labute approximate surface area is 88.5 Å². The molecule has 1 N–H and O–H groups in total. The molecule has 14 heavy (non-hydrogen) atoms. The molecule has 2 rings (SSSR count). The highest BCUT2D eigenvalue weighted by molar-refractivity contribution is 7.07. The third kappa shape index (κ3) is 2.13. The van der Waals surface area contributed by atoms with Crippen LogP contribution in [0.2, 0.25) is 0 Å². The minimum absolute atomic E-state index is 0.0317. The molecule has 78 valence electrons. The number of hydrogen-bond donors (Lipinski definition) is 1. The van der Waals surface area contributed by atoms with Crippen LogP contribution in [0.1, 0.15) is 26.0 Å². The lowest BCUT2D eigenvalue weighted by Crippen LogP contribution is -2.42. The van der Waals surface area contributed by atoms with Crippen molar-refractivity contribution in [1.82, 2.24) is 10.3 Å². The van der Waals surface area contributed by atoms with Crippen molar-refractivity contribution in [1.29, 1.82) is 0 Å².